The zero-order valence-electron chi connectivity index (χ0n) is 11.2. The lowest BCUT2D eigenvalue weighted by Gasteiger charge is -2.44. The third-order valence-corrected chi connectivity index (χ3v) is 4.55. The molecule has 0 unspecified atom stereocenters. The summed E-state index contributed by atoms with van der Waals surface area (Å²) in [7, 11) is 0. The lowest BCUT2D eigenvalue weighted by molar-refractivity contribution is 0.0618. The van der Waals surface area contributed by atoms with E-state index in [0.29, 0.717) is 11.6 Å². The van der Waals surface area contributed by atoms with Crippen LogP contribution >= 0.6 is 0 Å². The number of fused-ring (bicyclic) bond motifs is 4. The van der Waals surface area contributed by atoms with Gasteiger partial charge in [-0.05, 0) is 37.9 Å². The summed E-state index contributed by atoms with van der Waals surface area (Å²) in [5, 5.41) is 10.9. The summed E-state index contributed by atoms with van der Waals surface area (Å²) in [6.45, 7) is 3.32. The van der Waals surface area contributed by atoms with Crippen molar-refractivity contribution >= 4 is 16.8 Å². The Balaban J connectivity index is 1.56. The summed E-state index contributed by atoms with van der Waals surface area (Å²) >= 11 is 0. The first-order valence-corrected chi connectivity index (χ1v) is 7.12. The minimum atomic E-state index is -0.0944. The van der Waals surface area contributed by atoms with Gasteiger partial charge in [0.15, 0.2) is 5.69 Å². The van der Waals surface area contributed by atoms with Crippen molar-refractivity contribution in [3.63, 3.8) is 0 Å². The van der Waals surface area contributed by atoms with Crippen LogP contribution in [0.5, 0.6) is 0 Å². The zero-order chi connectivity index (χ0) is 13.5. The maximum atomic E-state index is 12.4. The van der Waals surface area contributed by atoms with E-state index in [1.807, 2.05) is 6.07 Å². The maximum Gasteiger partial charge on any atom is 0.272 e. The van der Waals surface area contributed by atoms with Crippen LogP contribution in [0.4, 0.5) is 0 Å². The molecule has 104 valence electrons. The second kappa shape index (κ2) is 4.56. The highest BCUT2D eigenvalue weighted by Crippen LogP contribution is 2.27. The van der Waals surface area contributed by atoms with Gasteiger partial charge in [-0.3, -0.25) is 14.9 Å². The molecule has 2 bridgehead atoms. The fourth-order valence-corrected chi connectivity index (χ4v) is 3.40. The quantitative estimate of drug-likeness (QED) is 0.846. The van der Waals surface area contributed by atoms with Crippen molar-refractivity contribution in [2.24, 2.45) is 5.92 Å². The van der Waals surface area contributed by atoms with E-state index in [9.17, 15) is 4.79 Å². The average molecular weight is 271 g/mol. The lowest BCUT2D eigenvalue weighted by atomic mass is 9.84. The first-order chi connectivity index (χ1) is 9.81. The predicted molar refractivity (Wildman–Crippen MR) is 74.3 cm³/mol. The number of aromatic nitrogens is 3. The van der Waals surface area contributed by atoms with E-state index in [-0.39, 0.29) is 11.9 Å². The molecule has 5 heterocycles. The van der Waals surface area contributed by atoms with E-state index in [2.05, 4.69) is 25.4 Å². The van der Waals surface area contributed by atoms with Crippen molar-refractivity contribution in [1.29, 1.82) is 0 Å². The smallest absolute Gasteiger partial charge is 0.272 e. The van der Waals surface area contributed by atoms with E-state index in [0.717, 1.165) is 17.4 Å². The zero-order valence-corrected chi connectivity index (χ0v) is 11.2. The number of piperidine rings is 3. The Morgan fingerprint density at radius 1 is 1.40 bits per heavy atom. The van der Waals surface area contributed by atoms with Crippen molar-refractivity contribution < 1.29 is 4.79 Å². The maximum absolute atomic E-state index is 12.4. The Kier molecular flexibility index (Phi) is 2.70. The average Bonchev–Trinajstić information content (AvgIpc) is 2.92. The van der Waals surface area contributed by atoms with Gasteiger partial charge in [-0.15, -0.1) is 0 Å². The van der Waals surface area contributed by atoms with Crippen molar-refractivity contribution in [3.8, 4) is 0 Å². The van der Waals surface area contributed by atoms with Crippen LogP contribution in [0.15, 0.2) is 18.5 Å². The normalized spacial score (nSPS) is 28.7. The van der Waals surface area contributed by atoms with Crippen molar-refractivity contribution in [1.82, 2.24) is 25.4 Å². The minimum absolute atomic E-state index is 0.0944. The number of hydrogen-bond acceptors (Lipinski definition) is 4. The van der Waals surface area contributed by atoms with Crippen LogP contribution in [0, 0.1) is 5.92 Å². The molecule has 3 fully saturated rings. The van der Waals surface area contributed by atoms with E-state index in [1.54, 1.807) is 12.4 Å². The summed E-state index contributed by atoms with van der Waals surface area (Å²) in [4.78, 5) is 18.9. The molecule has 0 aliphatic carbocycles. The monoisotopic (exact) mass is 271 g/mol. The fraction of sp³-hybridized carbons (Fsp3) is 0.500. The molecule has 1 atom stereocenters. The lowest BCUT2D eigenvalue weighted by Crippen LogP contribution is -2.57. The molecule has 0 saturated carbocycles. The first-order valence-electron chi connectivity index (χ1n) is 7.12. The molecule has 5 rings (SSSR count). The van der Waals surface area contributed by atoms with Gasteiger partial charge in [-0.25, -0.2) is 0 Å². The Hall–Kier alpha value is -1.95. The summed E-state index contributed by atoms with van der Waals surface area (Å²) in [5.41, 5.74) is 1.30. The largest absolute Gasteiger partial charge is 0.346 e. The third kappa shape index (κ3) is 1.87. The van der Waals surface area contributed by atoms with Gasteiger partial charge in [-0.2, -0.15) is 5.10 Å². The van der Waals surface area contributed by atoms with Crippen molar-refractivity contribution in [2.45, 2.75) is 18.9 Å². The molecule has 6 heteroatoms. The molecule has 2 N–H and O–H groups in total. The Morgan fingerprint density at radius 2 is 2.25 bits per heavy atom. The molecule has 1 amide bonds. The third-order valence-electron chi connectivity index (χ3n) is 4.55. The van der Waals surface area contributed by atoms with Crippen LogP contribution in [0.3, 0.4) is 0 Å². The van der Waals surface area contributed by atoms with Crippen LogP contribution < -0.4 is 5.32 Å². The highest BCUT2D eigenvalue weighted by Gasteiger charge is 2.35. The van der Waals surface area contributed by atoms with E-state index < -0.39 is 0 Å². The minimum Gasteiger partial charge on any atom is -0.346 e. The highest BCUT2D eigenvalue weighted by atomic mass is 16.2. The molecule has 3 aliphatic rings. The number of aromatic amines is 1. The van der Waals surface area contributed by atoms with E-state index in [4.69, 9.17) is 0 Å². The predicted octanol–water partition coefficient (Wildman–Crippen LogP) is 0.782. The summed E-state index contributed by atoms with van der Waals surface area (Å²) in [6.07, 6.45) is 5.75. The number of carbonyl (C=O) groups is 1. The number of amides is 1. The van der Waals surface area contributed by atoms with Gasteiger partial charge in [0.05, 0.1) is 10.9 Å². The summed E-state index contributed by atoms with van der Waals surface area (Å²) in [6, 6.07) is 2.08. The van der Waals surface area contributed by atoms with Crippen LogP contribution in [0.1, 0.15) is 23.3 Å². The standard InChI is InChI=1S/C14H17N5O/c20-14(13-10-7-15-4-1-11(10)17-18-13)16-12-8-19-5-2-9(12)3-6-19/h1,4,7,9,12H,2-3,5-6,8H2,(H,16,20)(H,17,18)/t12-/m0/s1. The molecule has 20 heavy (non-hydrogen) atoms. The first kappa shape index (κ1) is 11.8. The summed E-state index contributed by atoms with van der Waals surface area (Å²) in [5.74, 6) is 0.523. The molecular formula is C14H17N5O. The van der Waals surface area contributed by atoms with Gasteiger partial charge in [0.2, 0.25) is 0 Å². The van der Waals surface area contributed by atoms with Crippen LogP contribution in [0.25, 0.3) is 10.9 Å². The molecule has 2 aromatic rings. The molecule has 0 aromatic carbocycles. The highest BCUT2D eigenvalue weighted by molar-refractivity contribution is 6.04. The molecule has 0 radical (unpaired) electrons. The molecule has 0 spiro atoms. The topological polar surface area (TPSA) is 73.9 Å². The van der Waals surface area contributed by atoms with Crippen molar-refractivity contribution in [3.05, 3.63) is 24.2 Å². The molecule has 6 nitrogen and oxygen atoms in total. The number of H-pyrrole nitrogens is 1. The van der Waals surface area contributed by atoms with E-state index in [1.165, 1.54) is 25.9 Å². The van der Waals surface area contributed by atoms with Crippen molar-refractivity contribution in [2.75, 3.05) is 19.6 Å². The molecular weight excluding hydrogens is 254 g/mol. The summed E-state index contributed by atoms with van der Waals surface area (Å²) < 4.78 is 0. The van der Waals surface area contributed by atoms with Gasteiger partial charge >= 0.3 is 0 Å². The number of hydrogen-bond donors (Lipinski definition) is 2. The van der Waals surface area contributed by atoms with E-state index >= 15 is 0 Å². The number of rotatable bonds is 2. The number of nitrogens with zero attached hydrogens (tertiary/aromatic N) is 3. The second-order valence-corrected chi connectivity index (χ2v) is 5.71. The Labute approximate surface area is 116 Å². The molecule has 2 aromatic heterocycles. The SMILES string of the molecule is O=C(N[C@H]1CN2CCC1CC2)c1n[nH]c2ccncc12. The van der Waals surface area contributed by atoms with Gasteiger partial charge in [0.1, 0.15) is 0 Å². The van der Waals surface area contributed by atoms with Crippen LogP contribution in [-0.2, 0) is 0 Å². The van der Waals surface area contributed by atoms with Gasteiger partial charge in [0.25, 0.3) is 5.91 Å². The molecule has 3 aliphatic heterocycles. The number of nitrogens with one attached hydrogen (secondary N) is 2. The Bertz CT molecular complexity index is 644. The second-order valence-electron chi connectivity index (χ2n) is 5.71. The Morgan fingerprint density at radius 3 is 3.00 bits per heavy atom. The van der Waals surface area contributed by atoms with Gasteiger partial charge in [-0.1, -0.05) is 0 Å². The number of carbonyl (C=O) groups excluding carboxylic acids is 1. The van der Waals surface area contributed by atoms with Crippen LogP contribution in [-0.4, -0.2) is 51.7 Å². The molecule has 3 saturated heterocycles. The number of pyridine rings is 1. The fourth-order valence-electron chi connectivity index (χ4n) is 3.40. The van der Waals surface area contributed by atoms with Gasteiger partial charge < -0.3 is 10.2 Å². The van der Waals surface area contributed by atoms with Gasteiger partial charge in [0, 0.05) is 25.0 Å². The van der Waals surface area contributed by atoms with Crippen LogP contribution in [0.2, 0.25) is 0 Å².